The quantitative estimate of drug-likeness (QED) is 0.193. The number of anilines is 3. The number of rotatable bonds is 2. The molecule has 2 aromatic heterocycles. The fourth-order valence-corrected chi connectivity index (χ4v) is 8.40. The van der Waals surface area contributed by atoms with Gasteiger partial charge in [-0.1, -0.05) is 111 Å². The number of benzene rings is 6. The summed E-state index contributed by atoms with van der Waals surface area (Å²) in [7, 11) is 0. The van der Waals surface area contributed by atoms with E-state index in [1.54, 1.807) is 0 Å². The van der Waals surface area contributed by atoms with Gasteiger partial charge in [-0.2, -0.15) is 0 Å². The topological polar surface area (TPSA) is 16.1 Å². The third-order valence-electron chi connectivity index (χ3n) is 9.23. The van der Waals surface area contributed by atoms with E-state index in [0.717, 1.165) is 16.8 Å². The molecule has 0 saturated carbocycles. The fraction of sp³-hybridized carbons (Fsp3) is 0.0750. The molecule has 0 amide bonds. The molecule has 1 aliphatic heterocycles. The molecule has 0 aliphatic carbocycles. The summed E-state index contributed by atoms with van der Waals surface area (Å²) >= 11 is 1.89. The molecular formula is C40H28N2S. The molecule has 3 heterocycles. The summed E-state index contributed by atoms with van der Waals surface area (Å²) in [6.07, 6.45) is 0. The van der Waals surface area contributed by atoms with Crippen LogP contribution in [-0.4, -0.2) is 4.98 Å². The second kappa shape index (κ2) is 9.00. The minimum Gasteiger partial charge on any atom is -0.310 e. The third kappa shape index (κ3) is 3.49. The molecule has 0 unspecified atom stereocenters. The van der Waals surface area contributed by atoms with Gasteiger partial charge in [-0.25, -0.2) is 4.98 Å². The molecule has 6 aromatic carbocycles. The lowest BCUT2D eigenvalue weighted by Crippen LogP contribution is -2.30. The maximum atomic E-state index is 5.16. The van der Waals surface area contributed by atoms with Gasteiger partial charge in [-0.3, -0.25) is 0 Å². The fourth-order valence-electron chi connectivity index (χ4n) is 7.16. The van der Waals surface area contributed by atoms with E-state index in [-0.39, 0.29) is 5.41 Å². The molecule has 0 spiro atoms. The van der Waals surface area contributed by atoms with Crippen molar-refractivity contribution in [2.75, 3.05) is 4.90 Å². The molecule has 0 atom stereocenters. The number of aromatic nitrogens is 1. The number of nitrogens with zero attached hydrogens (tertiary/aromatic N) is 2. The van der Waals surface area contributed by atoms with Crippen LogP contribution in [0.3, 0.4) is 0 Å². The zero-order chi connectivity index (χ0) is 28.7. The zero-order valence-corrected chi connectivity index (χ0v) is 24.8. The second-order valence-corrected chi connectivity index (χ2v) is 13.0. The Morgan fingerprint density at radius 2 is 1.23 bits per heavy atom. The van der Waals surface area contributed by atoms with Crippen LogP contribution in [0.5, 0.6) is 0 Å². The Kier molecular flexibility index (Phi) is 5.15. The van der Waals surface area contributed by atoms with E-state index in [4.69, 9.17) is 4.98 Å². The summed E-state index contributed by atoms with van der Waals surface area (Å²) in [5.74, 6) is 0. The predicted octanol–water partition coefficient (Wildman–Crippen LogP) is 11.5. The highest BCUT2D eigenvalue weighted by Crippen LogP contribution is 2.52. The lowest BCUT2D eigenvalue weighted by molar-refractivity contribution is 0.632. The summed E-state index contributed by atoms with van der Waals surface area (Å²) in [5.41, 5.74) is 9.53. The molecule has 43 heavy (non-hydrogen) atoms. The monoisotopic (exact) mass is 568 g/mol. The Bertz CT molecular complexity index is 2330. The number of hydrogen-bond acceptors (Lipinski definition) is 3. The van der Waals surface area contributed by atoms with Gasteiger partial charge < -0.3 is 4.90 Å². The molecule has 1 aliphatic rings. The Hall–Kier alpha value is -4.99. The largest absolute Gasteiger partial charge is 0.310 e. The molecule has 2 nitrogen and oxygen atoms in total. The lowest BCUT2D eigenvalue weighted by Gasteiger charge is -2.42. The van der Waals surface area contributed by atoms with Crippen molar-refractivity contribution in [1.82, 2.24) is 4.98 Å². The number of thiophene rings is 1. The zero-order valence-electron chi connectivity index (χ0n) is 24.0. The Morgan fingerprint density at radius 3 is 2.00 bits per heavy atom. The molecule has 0 saturated heterocycles. The van der Waals surface area contributed by atoms with E-state index in [2.05, 4.69) is 152 Å². The Morgan fingerprint density at radius 1 is 0.581 bits per heavy atom. The highest BCUT2D eigenvalue weighted by Gasteiger charge is 2.36. The number of hydrogen-bond donors (Lipinski definition) is 0. The van der Waals surface area contributed by atoms with Crippen LogP contribution in [0.1, 0.15) is 25.0 Å². The second-order valence-electron chi connectivity index (χ2n) is 12.0. The van der Waals surface area contributed by atoms with Crippen LogP contribution in [0.4, 0.5) is 17.1 Å². The third-order valence-corrected chi connectivity index (χ3v) is 10.4. The molecule has 0 bridgehead atoms. The van der Waals surface area contributed by atoms with Crippen molar-refractivity contribution in [3.05, 3.63) is 145 Å². The molecular weight excluding hydrogens is 541 g/mol. The van der Waals surface area contributed by atoms with Gasteiger partial charge in [-0.15, -0.1) is 11.3 Å². The number of fused-ring (bicyclic) bond motifs is 9. The lowest BCUT2D eigenvalue weighted by atomic mass is 9.73. The van der Waals surface area contributed by atoms with Crippen molar-refractivity contribution in [3.8, 4) is 11.3 Å². The predicted molar refractivity (Wildman–Crippen MR) is 184 cm³/mol. The summed E-state index contributed by atoms with van der Waals surface area (Å²) in [4.78, 5) is 7.61. The number of pyridine rings is 1. The van der Waals surface area contributed by atoms with Gasteiger partial charge in [-0.05, 0) is 47.5 Å². The first-order valence-corrected chi connectivity index (χ1v) is 15.6. The van der Waals surface area contributed by atoms with Gasteiger partial charge in [0.25, 0.3) is 0 Å². The molecule has 8 aromatic rings. The normalized spacial score (nSPS) is 14.0. The molecule has 9 rings (SSSR count). The minimum absolute atomic E-state index is 0.0761. The maximum Gasteiger partial charge on any atom is 0.0788 e. The molecule has 0 fully saturated rings. The Labute approximate surface area is 254 Å². The van der Waals surface area contributed by atoms with Crippen molar-refractivity contribution in [2.24, 2.45) is 0 Å². The Balaban J connectivity index is 1.33. The molecule has 0 radical (unpaired) electrons. The average Bonchev–Trinajstić information content (AvgIpc) is 3.43. The van der Waals surface area contributed by atoms with E-state index < -0.39 is 0 Å². The van der Waals surface area contributed by atoms with E-state index in [0.29, 0.717) is 0 Å². The smallest absolute Gasteiger partial charge is 0.0788 e. The van der Waals surface area contributed by atoms with Crippen LogP contribution in [0.25, 0.3) is 53.1 Å². The van der Waals surface area contributed by atoms with Crippen molar-refractivity contribution in [2.45, 2.75) is 19.3 Å². The number of para-hydroxylation sites is 3. The highest BCUT2D eigenvalue weighted by atomic mass is 32.1. The summed E-state index contributed by atoms with van der Waals surface area (Å²) in [5, 5.41) is 6.28. The first-order chi connectivity index (χ1) is 21.1. The van der Waals surface area contributed by atoms with Crippen LogP contribution in [0.15, 0.2) is 133 Å². The summed E-state index contributed by atoms with van der Waals surface area (Å²) < 4.78 is 2.62. The van der Waals surface area contributed by atoms with Gasteiger partial charge in [0, 0.05) is 53.0 Å². The van der Waals surface area contributed by atoms with Crippen molar-refractivity contribution >= 4 is 70.2 Å². The van der Waals surface area contributed by atoms with E-state index >= 15 is 0 Å². The van der Waals surface area contributed by atoms with Crippen molar-refractivity contribution in [3.63, 3.8) is 0 Å². The van der Waals surface area contributed by atoms with Crippen LogP contribution in [0, 0.1) is 0 Å². The molecule has 3 heteroatoms. The highest BCUT2D eigenvalue weighted by molar-refractivity contribution is 7.26. The standard InChI is InChI=1S/C40H28N2S/c1-40(2)31-15-7-10-18-34(31)42(35-19-11-8-16-32(35)40)26-20-23-36-30(24-26)27-21-22-29-37(39(27)43-36)28-14-6-9-17-33(28)41-38(29)25-12-4-3-5-13-25/h3-24H,1-2H3. The van der Waals surface area contributed by atoms with E-state index in [1.165, 1.54) is 64.5 Å². The first-order valence-electron chi connectivity index (χ1n) is 14.8. The minimum atomic E-state index is -0.0761. The SMILES string of the molecule is CC1(C)c2ccccc2N(c2ccc3sc4c(ccc5c(-c6ccccc6)nc6ccccc6c54)c3c2)c2ccccc21. The van der Waals surface area contributed by atoms with Crippen molar-refractivity contribution in [1.29, 1.82) is 0 Å². The maximum absolute atomic E-state index is 5.16. The van der Waals surface area contributed by atoms with E-state index in [9.17, 15) is 0 Å². The van der Waals surface area contributed by atoms with Crippen LogP contribution in [-0.2, 0) is 5.41 Å². The average molecular weight is 569 g/mol. The van der Waals surface area contributed by atoms with Gasteiger partial charge in [0.1, 0.15) is 0 Å². The molecule has 0 N–H and O–H groups in total. The van der Waals surface area contributed by atoms with E-state index in [1.807, 2.05) is 11.3 Å². The van der Waals surface area contributed by atoms with Gasteiger partial charge in [0.05, 0.1) is 22.6 Å². The summed E-state index contributed by atoms with van der Waals surface area (Å²) in [6.45, 7) is 4.68. The van der Waals surface area contributed by atoms with Crippen molar-refractivity contribution < 1.29 is 0 Å². The van der Waals surface area contributed by atoms with Crippen LogP contribution >= 0.6 is 11.3 Å². The van der Waals surface area contributed by atoms with Gasteiger partial charge in [0.2, 0.25) is 0 Å². The molecule has 204 valence electrons. The van der Waals surface area contributed by atoms with Gasteiger partial charge in [0.15, 0.2) is 0 Å². The summed E-state index contributed by atoms with van der Waals surface area (Å²) in [6, 6.07) is 48.5. The first kappa shape index (κ1) is 24.6. The van der Waals surface area contributed by atoms with Crippen LogP contribution < -0.4 is 4.90 Å². The van der Waals surface area contributed by atoms with Gasteiger partial charge >= 0.3 is 0 Å². The van der Waals surface area contributed by atoms with Crippen LogP contribution in [0.2, 0.25) is 0 Å².